The van der Waals surface area contributed by atoms with Gasteiger partial charge in [-0.1, -0.05) is 0 Å². The van der Waals surface area contributed by atoms with Crippen molar-refractivity contribution in [3.63, 3.8) is 0 Å². The monoisotopic (exact) mass is 239 g/mol. The minimum absolute atomic E-state index is 0.433. The van der Waals surface area contributed by atoms with Gasteiger partial charge in [0.1, 0.15) is 0 Å². The largest absolute Gasteiger partial charge is 0.311 e. The Morgan fingerprint density at radius 2 is 2.44 bits per heavy atom. The van der Waals surface area contributed by atoms with Gasteiger partial charge in [0, 0.05) is 30.6 Å². The maximum Gasteiger partial charge on any atom is 0.0583 e. The van der Waals surface area contributed by atoms with Crippen LogP contribution in [0.3, 0.4) is 0 Å². The Hall–Kier alpha value is -0.420. The van der Waals surface area contributed by atoms with Crippen molar-refractivity contribution in [3.05, 3.63) is 21.9 Å². The second kappa shape index (κ2) is 5.27. The van der Waals surface area contributed by atoms with Crippen LogP contribution in [0.5, 0.6) is 0 Å². The number of nitrogens with one attached hydrogen (secondary N) is 2. The maximum absolute atomic E-state index is 3.62. The summed E-state index contributed by atoms with van der Waals surface area (Å²) in [4.78, 5) is 3.87. The summed E-state index contributed by atoms with van der Waals surface area (Å²) in [6.07, 6.45) is 0. The maximum atomic E-state index is 3.62. The summed E-state index contributed by atoms with van der Waals surface area (Å²) in [5, 5.41) is 9.26. The van der Waals surface area contributed by atoms with Gasteiger partial charge in [0.25, 0.3) is 0 Å². The first kappa shape index (κ1) is 12.0. The Bertz CT molecular complexity index is 337. The predicted molar refractivity (Wildman–Crippen MR) is 70.1 cm³/mol. The zero-order chi connectivity index (χ0) is 11.5. The molecule has 16 heavy (non-hydrogen) atoms. The molecule has 2 atom stereocenters. The lowest BCUT2D eigenvalue weighted by Gasteiger charge is -2.36. The molecule has 2 N–H and O–H groups in total. The SMILES string of the molecule is CNC(c1sccc1C)C1CN(C)CCN1. The lowest BCUT2D eigenvalue weighted by atomic mass is 10.0. The molecule has 2 heterocycles. The van der Waals surface area contributed by atoms with Crippen LogP contribution in [0.25, 0.3) is 0 Å². The third-order valence-corrected chi connectivity index (χ3v) is 4.41. The van der Waals surface area contributed by atoms with Gasteiger partial charge in [0.2, 0.25) is 0 Å². The number of hydrogen-bond donors (Lipinski definition) is 2. The Morgan fingerprint density at radius 1 is 1.62 bits per heavy atom. The number of likely N-dealkylation sites (N-methyl/N-ethyl adjacent to an activating group) is 2. The number of nitrogens with zero attached hydrogens (tertiary/aromatic N) is 1. The molecular weight excluding hydrogens is 218 g/mol. The third kappa shape index (κ3) is 2.46. The number of aryl methyl sites for hydroxylation is 1. The second-order valence-corrected chi connectivity index (χ2v) is 5.50. The van der Waals surface area contributed by atoms with Gasteiger partial charge in [-0.15, -0.1) is 11.3 Å². The van der Waals surface area contributed by atoms with Crippen molar-refractivity contribution in [1.29, 1.82) is 0 Å². The smallest absolute Gasteiger partial charge is 0.0583 e. The minimum Gasteiger partial charge on any atom is -0.311 e. The fourth-order valence-electron chi connectivity index (χ4n) is 2.37. The average molecular weight is 239 g/mol. The van der Waals surface area contributed by atoms with Crippen molar-refractivity contribution in [1.82, 2.24) is 15.5 Å². The van der Waals surface area contributed by atoms with E-state index < -0.39 is 0 Å². The zero-order valence-electron chi connectivity index (χ0n) is 10.3. The molecule has 2 rings (SSSR count). The molecule has 1 saturated heterocycles. The van der Waals surface area contributed by atoms with Gasteiger partial charge in [0.15, 0.2) is 0 Å². The van der Waals surface area contributed by atoms with Gasteiger partial charge in [-0.2, -0.15) is 0 Å². The van der Waals surface area contributed by atoms with Gasteiger partial charge in [-0.3, -0.25) is 0 Å². The van der Waals surface area contributed by atoms with Gasteiger partial charge in [0.05, 0.1) is 6.04 Å². The third-order valence-electron chi connectivity index (χ3n) is 3.31. The Labute approximate surface area is 102 Å². The average Bonchev–Trinajstić information content (AvgIpc) is 2.67. The van der Waals surface area contributed by atoms with Crippen LogP contribution >= 0.6 is 11.3 Å². The highest BCUT2D eigenvalue weighted by atomic mass is 32.1. The highest BCUT2D eigenvalue weighted by Gasteiger charge is 2.27. The number of thiophene rings is 1. The fourth-order valence-corrected chi connectivity index (χ4v) is 3.48. The summed E-state index contributed by atoms with van der Waals surface area (Å²) >= 11 is 1.86. The van der Waals surface area contributed by atoms with E-state index in [2.05, 4.69) is 48.0 Å². The summed E-state index contributed by atoms with van der Waals surface area (Å²) in [6.45, 7) is 5.55. The highest BCUT2D eigenvalue weighted by molar-refractivity contribution is 7.10. The van der Waals surface area contributed by atoms with Crippen molar-refractivity contribution in [2.75, 3.05) is 33.7 Å². The Kier molecular flexibility index (Phi) is 3.97. The molecule has 1 aromatic heterocycles. The van der Waals surface area contributed by atoms with Gasteiger partial charge >= 0.3 is 0 Å². The molecule has 90 valence electrons. The number of rotatable bonds is 3. The molecule has 3 nitrogen and oxygen atoms in total. The van der Waals surface area contributed by atoms with Crippen LogP contribution < -0.4 is 10.6 Å². The number of hydrogen-bond acceptors (Lipinski definition) is 4. The Morgan fingerprint density at radius 3 is 3.00 bits per heavy atom. The number of piperazine rings is 1. The van der Waals surface area contributed by atoms with E-state index in [0.29, 0.717) is 12.1 Å². The summed E-state index contributed by atoms with van der Waals surface area (Å²) in [5.41, 5.74) is 1.40. The lowest BCUT2D eigenvalue weighted by molar-refractivity contribution is 0.211. The van der Waals surface area contributed by atoms with Crippen molar-refractivity contribution < 1.29 is 0 Å². The zero-order valence-corrected chi connectivity index (χ0v) is 11.1. The molecule has 1 aliphatic rings. The van der Waals surface area contributed by atoms with Crippen molar-refractivity contribution in [2.45, 2.75) is 19.0 Å². The van der Waals surface area contributed by atoms with Gasteiger partial charge in [-0.25, -0.2) is 0 Å². The van der Waals surface area contributed by atoms with Crippen molar-refractivity contribution in [3.8, 4) is 0 Å². The van der Waals surface area contributed by atoms with E-state index in [1.807, 2.05) is 11.3 Å². The molecule has 0 bridgehead atoms. The standard InChI is InChI=1S/C12H21N3S/c1-9-4-7-16-12(9)11(13-2)10-8-15(3)6-5-14-10/h4,7,10-11,13-14H,5-6,8H2,1-3H3. The van der Waals surface area contributed by atoms with E-state index in [4.69, 9.17) is 0 Å². The van der Waals surface area contributed by atoms with Gasteiger partial charge in [-0.05, 0) is 38.0 Å². The molecule has 0 aromatic carbocycles. The molecular formula is C12H21N3S. The minimum atomic E-state index is 0.433. The topological polar surface area (TPSA) is 27.3 Å². The van der Waals surface area contributed by atoms with E-state index in [0.717, 1.165) is 19.6 Å². The van der Waals surface area contributed by atoms with Gasteiger partial charge < -0.3 is 15.5 Å². The van der Waals surface area contributed by atoms with E-state index in [-0.39, 0.29) is 0 Å². The Balaban J connectivity index is 2.13. The summed E-state index contributed by atoms with van der Waals surface area (Å²) in [5.74, 6) is 0. The molecule has 2 unspecified atom stereocenters. The first-order valence-electron chi connectivity index (χ1n) is 5.85. The molecule has 4 heteroatoms. The van der Waals surface area contributed by atoms with Crippen LogP contribution in [-0.2, 0) is 0 Å². The van der Waals surface area contributed by atoms with Crippen LogP contribution in [-0.4, -0.2) is 44.7 Å². The first-order valence-corrected chi connectivity index (χ1v) is 6.73. The quantitative estimate of drug-likeness (QED) is 0.830. The molecule has 0 amide bonds. The molecule has 1 aliphatic heterocycles. The molecule has 1 aromatic rings. The first-order chi connectivity index (χ1) is 7.72. The van der Waals surface area contributed by atoms with Crippen molar-refractivity contribution >= 4 is 11.3 Å². The van der Waals surface area contributed by atoms with E-state index in [1.54, 1.807) is 0 Å². The fraction of sp³-hybridized carbons (Fsp3) is 0.667. The molecule has 0 aliphatic carbocycles. The molecule has 0 spiro atoms. The molecule has 0 radical (unpaired) electrons. The second-order valence-electron chi connectivity index (χ2n) is 4.56. The van der Waals surface area contributed by atoms with Crippen LogP contribution in [0.1, 0.15) is 16.5 Å². The van der Waals surface area contributed by atoms with Crippen LogP contribution in [0.4, 0.5) is 0 Å². The predicted octanol–water partition coefficient (Wildman–Crippen LogP) is 1.22. The van der Waals surface area contributed by atoms with Crippen LogP contribution in [0.15, 0.2) is 11.4 Å². The summed E-state index contributed by atoms with van der Waals surface area (Å²) in [7, 11) is 4.25. The normalized spacial score (nSPS) is 24.6. The summed E-state index contributed by atoms with van der Waals surface area (Å²) in [6, 6.07) is 3.15. The van der Waals surface area contributed by atoms with E-state index >= 15 is 0 Å². The molecule has 0 saturated carbocycles. The highest BCUT2D eigenvalue weighted by Crippen LogP contribution is 2.27. The van der Waals surface area contributed by atoms with Crippen LogP contribution in [0.2, 0.25) is 0 Å². The van der Waals surface area contributed by atoms with Crippen molar-refractivity contribution in [2.24, 2.45) is 0 Å². The van der Waals surface area contributed by atoms with E-state index in [1.165, 1.54) is 10.4 Å². The summed E-state index contributed by atoms with van der Waals surface area (Å²) < 4.78 is 0. The lowest BCUT2D eigenvalue weighted by Crippen LogP contribution is -2.54. The van der Waals surface area contributed by atoms with Crippen LogP contribution in [0, 0.1) is 6.92 Å². The van der Waals surface area contributed by atoms with E-state index in [9.17, 15) is 0 Å². The molecule has 1 fully saturated rings.